The Labute approximate surface area is 75.6 Å². The molecule has 1 rings (SSSR count). The van der Waals surface area contributed by atoms with Gasteiger partial charge in [-0.25, -0.2) is 4.39 Å². The molecule has 0 bridgehead atoms. The molecule has 68 valence electrons. The zero-order valence-electron chi connectivity index (χ0n) is 7.00. The van der Waals surface area contributed by atoms with Crippen molar-refractivity contribution in [3.05, 3.63) is 35.4 Å². The molecule has 1 aromatic carbocycles. The zero-order valence-corrected chi connectivity index (χ0v) is 7.00. The summed E-state index contributed by atoms with van der Waals surface area (Å²) in [6.07, 6.45) is -1.39. The van der Waals surface area contributed by atoms with Crippen LogP contribution in [-0.2, 0) is 0 Å². The van der Waals surface area contributed by atoms with Crippen molar-refractivity contribution < 1.29 is 8.78 Å². The van der Waals surface area contributed by atoms with Crippen LogP contribution in [0.1, 0.15) is 23.7 Å². The highest BCUT2D eigenvalue weighted by molar-refractivity contribution is 5.32. The smallest absolute Gasteiger partial charge is 0.128 e. The average Bonchev–Trinajstić information content (AvgIpc) is 2.18. The van der Waals surface area contributed by atoms with E-state index in [1.165, 1.54) is 24.3 Å². The molecule has 0 spiro atoms. The first kappa shape index (κ1) is 9.66. The van der Waals surface area contributed by atoms with E-state index in [1.54, 1.807) is 0 Å². The highest BCUT2D eigenvalue weighted by atomic mass is 19.1. The summed E-state index contributed by atoms with van der Waals surface area (Å²) in [5.74, 6) is 0. The number of hydrogen-bond donors (Lipinski definition) is 0. The number of halogens is 2. The molecule has 0 aliphatic carbocycles. The van der Waals surface area contributed by atoms with Gasteiger partial charge < -0.3 is 0 Å². The average molecular weight is 181 g/mol. The summed E-state index contributed by atoms with van der Waals surface area (Å²) < 4.78 is 24.8. The number of alkyl halides is 2. The number of benzene rings is 1. The Bertz CT molecular complexity index is 300. The maximum Gasteiger partial charge on any atom is 0.128 e. The molecule has 0 aromatic heterocycles. The molecule has 0 heterocycles. The Morgan fingerprint density at radius 2 is 1.92 bits per heavy atom. The lowest BCUT2D eigenvalue weighted by Crippen LogP contribution is -1.92. The van der Waals surface area contributed by atoms with Crippen LogP contribution in [0.25, 0.3) is 0 Å². The summed E-state index contributed by atoms with van der Waals surface area (Å²) in [4.78, 5) is 0. The molecule has 0 fully saturated rings. The molecule has 0 saturated heterocycles. The second-order valence-electron chi connectivity index (χ2n) is 2.68. The van der Waals surface area contributed by atoms with E-state index in [9.17, 15) is 8.78 Å². The van der Waals surface area contributed by atoms with Gasteiger partial charge >= 0.3 is 0 Å². The van der Waals surface area contributed by atoms with Gasteiger partial charge in [-0.15, -0.1) is 0 Å². The van der Waals surface area contributed by atoms with Gasteiger partial charge in [-0.1, -0.05) is 12.1 Å². The van der Waals surface area contributed by atoms with Gasteiger partial charge in [0.15, 0.2) is 0 Å². The van der Waals surface area contributed by atoms with Crippen molar-refractivity contribution in [3.8, 4) is 6.07 Å². The topological polar surface area (TPSA) is 23.8 Å². The van der Waals surface area contributed by atoms with Crippen molar-refractivity contribution in [2.24, 2.45) is 0 Å². The molecule has 0 aliphatic heterocycles. The van der Waals surface area contributed by atoms with Crippen molar-refractivity contribution in [2.45, 2.75) is 12.6 Å². The Hall–Kier alpha value is -1.43. The third-order valence-electron chi connectivity index (χ3n) is 1.76. The van der Waals surface area contributed by atoms with Gasteiger partial charge in [-0.3, -0.25) is 4.39 Å². The van der Waals surface area contributed by atoms with E-state index in [2.05, 4.69) is 0 Å². The number of nitrogens with zero attached hydrogens (tertiary/aromatic N) is 1. The molecule has 13 heavy (non-hydrogen) atoms. The number of nitriles is 1. The van der Waals surface area contributed by atoms with Crippen LogP contribution in [0.2, 0.25) is 0 Å². The highest BCUT2D eigenvalue weighted by Gasteiger charge is 2.08. The molecule has 1 aromatic rings. The largest absolute Gasteiger partial charge is 0.251 e. The molecule has 3 heteroatoms. The second kappa shape index (κ2) is 4.56. The molecular formula is C10H9F2N. The summed E-state index contributed by atoms with van der Waals surface area (Å²) in [6.45, 7) is -0.666. The molecule has 0 N–H and O–H groups in total. The van der Waals surface area contributed by atoms with Gasteiger partial charge in [0, 0.05) is 6.42 Å². The van der Waals surface area contributed by atoms with Crippen LogP contribution >= 0.6 is 0 Å². The third-order valence-corrected chi connectivity index (χ3v) is 1.76. The molecular weight excluding hydrogens is 172 g/mol. The predicted octanol–water partition coefficient (Wildman–Crippen LogP) is 2.93. The minimum atomic E-state index is -1.27. The van der Waals surface area contributed by atoms with Gasteiger partial charge in [-0.05, 0) is 17.7 Å². The van der Waals surface area contributed by atoms with Crippen LogP contribution in [0.3, 0.4) is 0 Å². The summed E-state index contributed by atoms with van der Waals surface area (Å²) in [5, 5.41) is 8.47. The Morgan fingerprint density at radius 1 is 1.31 bits per heavy atom. The minimum Gasteiger partial charge on any atom is -0.251 e. The molecule has 1 unspecified atom stereocenters. The first-order chi connectivity index (χ1) is 6.27. The summed E-state index contributed by atoms with van der Waals surface area (Å²) in [7, 11) is 0. The fraction of sp³-hybridized carbons (Fsp3) is 0.300. The maximum atomic E-state index is 13.0. The van der Waals surface area contributed by atoms with Crippen LogP contribution in [0.15, 0.2) is 24.3 Å². The van der Waals surface area contributed by atoms with Crippen LogP contribution in [0.4, 0.5) is 8.78 Å². The van der Waals surface area contributed by atoms with E-state index in [0.717, 1.165) is 0 Å². The molecule has 0 amide bonds. The van der Waals surface area contributed by atoms with Gasteiger partial charge in [-0.2, -0.15) is 5.26 Å². The van der Waals surface area contributed by atoms with Gasteiger partial charge in [0.2, 0.25) is 0 Å². The van der Waals surface area contributed by atoms with E-state index in [0.29, 0.717) is 11.1 Å². The number of hydrogen-bond acceptors (Lipinski definition) is 1. The van der Waals surface area contributed by atoms with Crippen LogP contribution < -0.4 is 0 Å². The Morgan fingerprint density at radius 3 is 2.38 bits per heavy atom. The lowest BCUT2D eigenvalue weighted by atomic mass is 10.1. The minimum absolute atomic E-state index is 0.119. The van der Waals surface area contributed by atoms with Gasteiger partial charge in [0.05, 0.1) is 18.3 Å². The summed E-state index contributed by atoms with van der Waals surface area (Å²) in [5.41, 5.74) is 0.910. The Kier molecular flexibility index (Phi) is 3.39. The second-order valence-corrected chi connectivity index (χ2v) is 2.68. The monoisotopic (exact) mass is 181 g/mol. The standard InChI is InChI=1S/C10H9F2N/c11-6-5-10(12)9-3-1-8(7-13)2-4-9/h1-4,10H,5-6H2. The fourth-order valence-corrected chi connectivity index (χ4v) is 1.03. The fourth-order valence-electron chi connectivity index (χ4n) is 1.03. The first-order valence-corrected chi connectivity index (χ1v) is 3.98. The van der Waals surface area contributed by atoms with Crippen LogP contribution in [0, 0.1) is 11.3 Å². The quantitative estimate of drug-likeness (QED) is 0.703. The van der Waals surface area contributed by atoms with Crippen LogP contribution in [0.5, 0.6) is 0 Å². The Balaban J connectivity index is 2.75. The van der Waals surface area contributed by atoms with E-state index in [4.69, 9.17) is 5.26 Å². The molecule has 0 saturated carbocycles. The van der Waals surface area contributed by atoms with E-state index < -0.39 is 12.8 Å². The summed E-state index contributed by atoms with van der Waals surface area (Å²) >= 11 is 0. The van der Waals surface area contributed by atoms with Gasteiger partial charge in [0.1, 0.15) is 6.17 Å². The van der Waals surface area contributed by atoms with E-state index >= 15 is 0 Å². The number of rotatable bonds is 3. The third kappa shape index (κ3) is 2.51. The van der Waals surface area contributed by atoms with Crippen molar-refractivity contribution in [1.82, 2.24) is 0 Å². The lowest BCUT2D eigenvalue weighted by Gasteiger charge is -2.04. The van der Waals surface area contributed by atoms with E-state index in [1.807, 2.05) is 6.07 Å². The SMILES string of the molecule is N#Cc1ccc(C(F)CCF)cc1. The van der Waals surface area contributed by atoms with Crippen molar-refractivity contribution >= 4 is 0 Å². The van der Waals surface area contributed by atoms with E-state index in [-0.39, 0.29) is 6.42 Å². The summed E-state index contributed by atoms with van der Waals surface area (Å²) in [6, 6.07) is 8.01. The molecule has 1 atom stereocenters. The maximum absolute atomic E-state index is 13.0. The first-order valence-electron chi connectivity index (χ1n) is 3.98. The predicted molar refractivity (Wildman–Crippen MR) is 45.6 cm³/mol. The molecule has 0 radical (unpaired) electrons. The van der Waals surface area contributed by atoms with Crippen molar-refractivity contribution in [2.75, 3.05) is 6.67 Å². The lowest BCUT2D eigenvalue weighted by molar-refractivity contribution is 0.290. The van der Waals surface area contributed by atoms with Crippen molar-refractivity contribution in [1.29, 1.82) is 5.26 Å². The zero-order chi connectivity index (χ0) is 9.68. The molecule has 0 aliphatic rings. The molecule has 1 nitrogen and oxygen atoms in total. The van der Waals surface area contributed by atoms with Crippen molar-refractivity contribution in [3.63, 3.8) is 0 Å². The van der Waals surface area contributed by atoms with Crippen LogP contribution in [-0.4, -0.2) is 6.67 Å². The highest BCUT2D eigenvalue weighted by Crippen LogP contribution is 2.21. The van der Waals surface area contributed by atoms with Gasteiger partial charge in [0.25, 0.3) is 0 Å². The normalized spacial score (nSPS) is 12.1.